The second-order valence-electron chi connectivity index (χ2n) is 3.70. The predicted molar refractivity (Wildman–Crippen MR) is 68.8 cm³/mol. The van der Waals surface area contributed by atoms with Gasteiger partial charge in [-0.05, 0) is 42.7 Å². The Balaban J connectivity index is 2.93. The fraction of sp³-hybridized carbons (Fsp3) is 0.200. The molecule has 0 saturated heterocycles. The molecule has 2 nitrogen and oxygen atoms in total. The van der Waals surface area contributed by atoms with Crippen LogP contribution in [0.25, 0.3) is 5.57 Å². The molecule has 1 aromatic carbocycles. The lowest BCUT2D eigenvalue weighted by Crippen LogP contribution is -1.81. The van der Waals surface area contributed by atoms with Crippen molar-refractivity contribution in [2.75, 3.05) is 0 Å². The molecule has 1 rings (SSSR count). The van der Waals surface area contributed by atoms with Gasteiger partial charge in [0.2, 0.25) is 0 Å². The van der Waals surface area contributed by atoms with Crippen LogP contribution in [0.1, 0.15) is 31.4 Å². The third-order valence-corrected chi connectivity index (χ3v) is 2.53. The van der Waals surface area contributed by atoms with Crippen molar-refractivity contribution in [3.05, 3.63) is 53.1 Å². The van der Waals surface area contributed by atoms with Gasteiger partial charge in [-0.1, -0.05) is 25.1 Å². The predicted octanol–water partition coefficient (Wildman–Crippen LogP) is 3.82. The molecule has 0 unspecified atom stereocenters. The molecule has 0 N–H and O–H groups in total. The zero-order valence-corrected chi connectivity index (χ0v) is 10.1. The Morgan fingerprint density at radius 3 is 2.29 bits per heavy atom. The van der Waals surface area contributed by atoms with Gasteiger partial charge in [0, 0.05) is 5.57 Å². The first-order chi connectivity index (χ1) is 8.21. The molecular formula is C15H14N2. The Hall–Kier alpha value is -2.32. The fourth-order valence-corrected chi connectivity index (χ4v) is 1.36. The van der Waals surface area contributed by atoms with Crippen LogP contribution in [0.3, 0.4) is 0 Å². The van der Waals surface area contributed by atoms with Crippen molar-refractivity contribution in [3.63, 3.8) is 0 Å². The Morgan fingerprint density at radius 2 is 1.82 bits per heavy atom. The average Bonchev–Trinajstić information content (AvgIpc) is 2.39. The third-order valence-electron chi connectivity index (χ3n) is 2.53. The van der Waals surface area contributed by atoms with Crippen LogP contribution in [0.5, 0.6) is 0 Å². The molecule has 0 spiro atoms. The van der Waals surface area contributed by atoms with Gasteiger partial charge in [-0.2, -0.15) is 10.5 Å². The highest BCUT2D eigenvalue weighted by Gasteiger charge is 1.95. The minimum atomic E-state index is 0.656. The Labute approximate surface area is 102 Å². The molecule has 0 aliphatic heterocycles. The number of nitriles is 2. The lowest BCUT2D eigenvalue weighted by atomic mass is 10.0. The first-order valence-corrected chi connectivity index (χ1v) is 5.49. The maximum atomic E-state index is 8.79. The van der Waals surface area contributed by atoms with Gasteiger partial charge in [0.05, 0.1) is 17.7 Å². The van der Waals surface area contributed by atoms with E-state index < -0.39 is 0 Å². The van der Waals surface area contributed by atoms with Crippen molar-refractivity contribution < 1.29 is 0 Å². The second kappa shape index (κ2) is 6.30. The van der Waals surface area contributed by atoms with E-state index in [2.05, 4.69) is 12.1 Å². The largest absolute Gasteiger partial charge is 0.193 e. The summed E-state index contributed by atoms with van der Waals surface area (Å²) < 4.78 is 0. The van der Waals surface area contributed by atoms with Crippen molar-refractivity contribution in [3.8, 4) is 12.1 Å². The average molecular weight is 222 g/mol. The van der Waals surface area contributed by atoms with E-state index in [-0.39, 0.29) is 0 Å². The third kappa shape index (κ3) is 3.63. The van der Waals surface area contributed by atoms with Gasteiger partial charge in [-0.25, -0.2) is 0 Å². The Morgan fingerprint density at radius 1 is 1.18 bits per heavy atom. The summed E-state index contributed by atoms with van der Waals surface area (Å²) in [5.41, 5.74) is 3.56. The maximum absolute atomic E-state index is 8.79. The first-order valence-electron chi connectivity index (χ1n) is 5.49. The Kier molecular flexibility index (Phi) is 4.73. The lowest BCUT2D eigenvalue weighted by Gasteiger charge is -2.00. The van der Waals surface area contributed by atoms with Gasteiger partial charge in [0.25, 0.3) is 0 Å². The van der Waals surface area contributed by atoms with Crippen LogP contribution in [0, 0.1) is 22.7 Å². The Bertz CT molecular complexity index is 520. The van der Waals surface area contributed by atoms with E-state index in [0.29, 0.717) is 5.56 Å². The van der Waals surface area contributed by atoms with E-state index in [9.17, 15) is 0 Å². The molecule has 0 amide bonds. The molecule has 0 saturated carbocycles. The summed E-state index contributed by atoms with van der Waals surface area (Å²) in [4.78, 5) is 0. The number of rotatable bonds is 3. The number of hydrogen-bond donors (Lipinski definition) is 0. The van der Waals surface area contributed by atoms with E-state index in [4.69, 9.17) is 10.5 Å². The summed E-state index contributed by atoms with van der Waals surface area (Å²) in [5.74, 6) is 0. The highest BCUT2D eigenvalue weighted by atomic mass is 14.2. The number of allylic oxidation sites excluding steroid dienone is 4. The quantitative estimate of drug-likeness (QED) is 0.576. The van der Waals surface area contributed by atoms with E-state index in [1.165, 1.54) is 0 Å². The summed E-state index contributed by atoms with van der Waals surface area (Å²) in [6.07, 6.45) is 4.52. The van der Waals surface area contributed by atoms with Crippen LogP contribution in [0.15, 0.2) is 42.0 Å². The SMILES string of the molecule is CC/C(C#N)=C\C=C(/C)c1ccc(C#N)cc1. The van der Waals surface area contributed by atoms with Crippen molar-refractivity contribution >= 4 is 5.57 Å². The van der Waals surface area contributed by atoms with Gasteiger partial charge in [-0.15, -0.1) is 0 Å². The monoisotopic (exact) mass is 222 g/mol. The summed E-state index contributed by atoms with van der Waals surface area (Å²) in [6, 6.07) is 11.6. The molecule has 0 bridgehead atoms. The molecule has 0 aliphatic rings. The molecule has 0 atom stereocenters. The standard InChI is InChI=1S/C15H14N2/c1-3-13(10-16)5-4-12(2)15-8-6-14(11-17)7-9-15/h4-9H,3H2,1-2H3/b12-4+,13-5+. The number of hydrogen-bond acceptors (Lipinski definition) is 2. The molecule has 0 heterocycles. The molecule has 17 heavy (non-hydrogen) atoms. The van der Waals surface area contributed by atoms with Gasteiger partial charge in [0.1, 0.15) is 0 Å². The lowest BCUT2D eigenvalue weighted by molar-refractivity contribution is 1.15. The molecule has 84 valence electrons. The molecule has 0 radical (unpaired) electrons. The highest BCUT2D eigenvalue weighted by Crippen LogP contribution is 2.15. The van der Waals surface area contributed by atoms with Crippen LogP contribution in [0.4, 0.5) is 0 Å². The summed E-state index contributed by atoms with van der Waals surface area (Å²) in [6.45, 7) is 3.95. The first kappa shape index (κ1) is 12.7. The topological polar surface area (TPSA) is 47.6 Å². The molecular weight excluding hydrogens is 208 g/mol. The van der Waals surface area contributed by atoms with Crippen molar-refractivity contribution in [1.82, 2.24) is 0 Å². The molecule has 0 aromatic heterocycles. The maximum Gasteiger partial charge on any atom is 0.0991 e. The fourth-order valence-electron chi connectivity index (χ4n) is 1.36. The highest BCUT2D eigenvalue weighted by molar-refractivity contribution is 5.66. The van der Waals surface area contributed by atoms with Crippen LogP contribution in [0.2, 0.25) is 0 Å². The smallest absolute Gasteiger partial charge is 0.0991 e. The summed E-state index contributed by atoms with van der Waals surface area (Å²) in [7, 11) is 0. The van der Waals surface area contributed by atoms with E-state index in [1.807, 2.05) is 38.1 Å². The number of nitrogens with zero attached hydrogens (tertiary/aromatic N) is 2. The van der Waals surface area contributed by atoms with Crippen LogP contribution in [-0.2, 0) is 0 Å². The normalized spacial score (nSPS) is 11.8. The zero-order chi connectivity index (χ0) is 12.7. The van der Waals surface area contributed by atoms with Crippen LogP contribution in [-0.4, -0.2) is 0 Å². The van der Waals surface area contributed by atoms with Gasteiger partial charge >= 0.3 is 0 Å². The minimum absolute atomic E-state index is 0.656. The second-order valence-corrected chi connectivity index (χ2v) is 3.70. The molecule has 0 fully saturated rings. The van der Waals surface area contributed by atoms with Crippen LogP contribution < -0.4 is 0 Å². The van der Waals surface area contributed by atoms with E-state index >= 15 is 0 Å². The van der Waals surface area contributed by atoms with Gasteiger partial charge in [-0.3, -0.25) is 0 Å². The van der Waals surface area contributed by atoms with Crippen LogP contribution >= 0.6 is 0 Å². The van der Waals surface area contributed by atoms with Crippen molar-refractivity contribution in [1.29, 1.82) is 10.5 Å². The van der Waals surface area contributed by atoms with Crippen molar-refractivity contribution in [2.24, 2.45) is 0 Å². The molecule has 2 heteroatoms. The summed E-state index contributed by atoms with van der Waals surface area (Å²) in [5, 5.41) is 17.5. The minimum Gasteiger partial charge on any atom is -0.193 e. The van der Waals surface area contributed by atoms with E-state index in [0.717, 1.165) is 23.1 Å². The molecule has 0 aliphatic carbocycles. The summed E-state index contributed by atoms with van der Waals surface area (Å²) >= 11 is 0. The van der Waals surface area contributed by atoms with E-state index in [1.54, 1.807) is 12.1 Å². The molecule has 1 aromatic rings. The van der Waals surface area contributed by atoms with Crippen molar-refractivity contribution in [2.45, 2.75) is 20.3 Å². The zero-order valence-electron chi connectivity index (χ0n) is 10.1. The number of benzene rings is 1. The van der Waals surface area contributed by atoms with Gasteiger partial charge < -0.3 is 0 Å². The van der Waals surface area contributed by atoms with Gasteiger partial charge in [0.15, 0.2) is 0 Å².